The molecule has 1 saturated heterocycles. The molecule has 0 bridgehead atoms. The summed E-state index contributed by atoms with van der Waals surface area (Å²) in [4.78, 5) is 14.9. The maximum atomic E-state index is 11.9. The minimum absolute atomic E-state index is 0.452. The van der Waals surface area contributed by atoms with Gasteiger partial charge in [-0.15, -0.1) is 0 Å². The van der Waals surface area contributed by atoms with Crippen LogP contribution in [0.1, 0.15) is 12.8 Å². The molecule has 1 aliphatic carbocycles. The van der Waals surface area contributed by atoms with Gasteiger partial charge in [0.05, 0.1) is 0 Å². The van der Waals surface area contributed by atoms with Gasteiger partial charge in [0.2, 0.25) is 0 Å². The van der Waals surface area contributed by atoms with Crippen molar-refractivity contribution in [3.63, 3.8) is 0 Å². The van der Waals surface area contributed by atoms with Crippen LogP contribution in [0.5, 0.6) is 0 Å². The van der Waals surface area contributed by atoms with E-state index in [2.05, 4.69) is 9.64 Å². The molecule has 1 amide bonds. The van der Waals surface area contributed by atoms with Crippen LogP contribution in [-0.4, -0.2) is 60.9 Å². The SMILES string of the molecule is O=C(OCC(F)(F)F)N1CCN(C2CC2)CC1. The summed E-state index contributed by atoms with van der Waals surface area (Å²) in [7, 11) is 0. The lowest BCUT2D eigenvalue weighted by atomic mass is 10.3. The fourth-order valence-corrected chi connectivity index (χ4v) is 1.94. The summed E-state index contributed by atoms with van der Waals surface area (Å²) in [5.74, 6) is 0. The summed E-state index contributed by atoms with van der Waals surface area (Å²) in [5, 5.41) is 0. The third-order valence-corrected chi connectivity index (χ3v) is 3.00. The van der Waals surface area contributed by atoms with E-state index in [0.717, 1.165) is 13.1 Å². The highest BCUT2D eigenvalue weighted by Gasteiger charge is 2.34. The Balaban J connectivity index is 1.70. The number of alkyl halides is 3. The molecule has 1 saturated carbocycles. The van der Waals surface area contributed by atoms with E-state index in [1.807, 2.05) is 0 Å². The van der Waals surface area contributed by atoms with Crippen LogP contribution in [0.2, 0.25) is 0 Å². The number of hydrogen-bond donors (Lipinski definition) is 0. The Kier molecular flexibility index (Phi) is 3.46. The molecule has 4 nitrogen and oxygen atoms in total. The molecule has 1 aliphatic heterocycles. The molecule has 0 N–H and O–H groups in total. The van der Waals surface area contributed by atoms with Gasteiger partial charge in [-0.1, -0.05) is 0 Å². The van der Waals surface area contributed by atoms with Crippen molar-refractivity contribution in [3.8, 4) is 0 Å². The van der Waals surface area contributed by atoms with E-state index in [0.29, 0.717) is 19.1 Å². The lowest BCUT2D eigenvalue weighted by Gasteiger charge is -2.34. The molecular weight excluding hydrogens is 237 g/mol. The minimum atomic E-state index is -4.45. The number of amides is 1. The van der Waals surface area contributed by atoms with Crippen molar-refractivity contribution in [1.82, 2.24) is 9.80 Å². The van der Waals surface area contributed by atoms with Crippen LogP contribution in [0.4, 0.5) is 18.0 Å². The van der Waals surface area contributed by atoms with Gasteiger partial charge in [0.25, 0.3) is 0 Å². The first-order valence-corrected chi connectivity index (χ1v) is 5.68. The summed E-state index contributed by atoms with van der Waals surface area (Å²) >= 11 is 0. The molecule has 0 spiro atoms. The van der Waals surface area contributed by atoms with Gasteiger partial charge < -0.3 is 9.64 Å². The fourth-order valence-electron chi connectivity index (χ4n) is 1.94. The number of halogens is 3. The molecule has 0 aromatic rings. The zero-order chi connectivity index (χ0) is 12.5. The topological polar surface area (TPSA) is 32.8 Å². The number of piperazine rings is 1. The van der Waals surface area contributed by atoms with Crippen LogP contribution in [0.25, 0.3) is 0 Å². The number of ether oxygens (including phenoxy) is 1. The molecule has 0 aromatic heterocycles. The largest absolute Gasteiger partial charge is 0.440 e. The molecule has 2 fully saturated rings. The monoisotopic (exact) mass is 252 g/mol. The van der Waals surface area contributed by atoms with Gasteiger partial charge in [0, 0.05) is 32.2 Å². The second-order valence-corrected chi connectivity index (χ2v) is 4.42. The van der Waals surface area contributed by atoms with E-state index >= 15 is 0 Å². The van der Waals surface area contributed by atoms with Gasteiger partial charge in [0.15, 0.2) is 6.61 Å². The summed E-state index contributed by atoms with van der Waals surface area (Å²) in [6.45, 7) is 0.854. The molecule has 1 heterocycles. The molecular formula is C10H15F3N2O2. The van der Waals surface area contributed by atoms with Crippen molar-refractivity contribution >= 4 is 6.09 Å². The maximum absolute atomic E-state index is 11.9. The van der Waals surface area contributed by atoms with Crippen molar-refractivity contribution in [1.29, 1.82) is 0 Å². The number of rotatable bonds is 2. The first kappa shape index (κ1) is 12.5. The van der Waals surface area contributed by atoms with Gasteiger partial charge in [-0.3, -0.25) is 4.90 Å². The number of nitrogens with zero attached hydrogens (tertiary/aromatic N) is 2. The average Bonchev–Trinajstić information content (AvgIpc) is 3.09. The van der Waals surface area contributed by atoms with Gasteiger partial charge in [-0.05, 0) is 12.8 Å². The highest BCUT2D eigenvalue weighted by atomic mass is 19.4. The quantitative estimate of drug-likeness (QED) is 0.746. The van der Waals surface area contributed by atoms with E-state index in [1.165, 1.54) is 17.7 Å². The molecule has 7 heteroatoms. The zero-order valence-electron chi connectivity index (χ0n) is 9.37. The molecule has 0 aromatic carbocycles. The fraction of sp³-hybridized carbons (Fsp3) is 0.900. The lowest BCUT2D eigenvalue weighted by Crippen LogP contribution is -2.49. The van der Waals surface area contributed by atoms with Crippen LogP contribution >= 0.6 is 0 Å². The Bertz CT molecular complexity index is 284. The summed E-state index contributed by atoms with van der Waals surface area (Å²) in [6.07, 6.45) is -2.93. The Hall–Kier alpha value is -0.980. The Morgan fingerprint density at radius 1 is 1.18 bits per heavy atom. The molecule has 98 valence electrons. The first-order chi connectivity index (χ1) is 7.96. The second kappa shape index (κ2) is 4.72. The Morgan fingerprint density at radius 2 is 1.76 bits per heavy atom. The summed E-state index contributed by atoms with van der Waals surface area (Å²) < 4.78 is 39.8. The van der Waals surface area contributed by atoms with E-state index in [1.54, 1.807) is 0 Å². The number of hydrogen-bond acceptors (Lipinski definition) is 3. The highest BCUT2D eigenvalue weighted by Crippen LogP contribution is 2.27. The van der Waals surface area contributed by atoms with Crippen LogP contribution < -0.4 is 0 Å². The number of carbonyl (C=O) groups is 1. The van der Waals surface area contributed by atoms with Gasteiger partial charge in [-0.2, -0.15) is 13.2 Å². The van der Waals surface area contributed by atoms with Crippen molar-refractivity contribution in [3.05, 3.63) is 0 Å². The third-order valence-electron chi connectivity index (χ3n) is 3.00. The van der Waals surface area contributed by atoms with Crippen molar-refractivity contribution in [2.24, 2.45) is 0 Å². The number of carbonyl (C=O) groups excluding carboxylic acids is 1. The molecule has 0 unspecified atom stereocenters. The van der Waals surface area contributed by atoms with E-state index in [9.17, 15) is 18.0 Å². The van der Waals surface area contributed by atoms with E-state index in [4.69, 9.17) is 0 Å². The van der Waals surface area contributed by atoms with Gasteiger partial charge in [-0.25, -0.2) is 4.79 Å². The molecule has 2 rings (SSSR count). The standard InChI is InChI=1S/C10H15F3N2O2/c11-10(12,13)7-17-9(16)15-5-3-14(4-6-15)8-1-2-8/h8H,1-7H2. The van der Waals surface area contributed by atoms with E-state index in [-0.39, 0.29) is 0 Å². The smallest absolute Gasteiger partial charge is 0.422 e. The second-order valence-electron chi connectivity index (χ2n) is 4.42. The molecule has 0 radical (unpaired) electrons. The Labute approximate surface area is 97.3 Å². The molecule has 17 heavy (non-hydrogen) atoms. The normalized spacial score (nSPS) is 22.6. The van der Waals surface area contributed by atoms with Crippen LogP contribution in [0, 0.1) is 0 Å². The highest BCUT2D eigenvalue weighted by molar-refractivity contribution is 5.67. The van der Waals surface area contributed by atoms with Crippen molar-refractivity contribution < 1.29 is 22.7 Å². The van der Waals surface area contributed by atoms with Gasteiger partial charge >= 0.3 is 12.3 Å². The van der Waals surface area contributed by atoms with Crippen LogP contribution in [0.15, 0.2) is 0 Å². The summed E-state index contributed by atoms with van der Waals surface area (Å²) in [6, 6.07) is 0.628. The third kappa shape index (κ3) is 3.76. The van der Waals surface area contributed by atoms with E-state index < -0.39 is 18.9 Å². The molecule has 2 aliphatic rings. The Morgan fingerprint density at radius 3 is 2.24 bits per heavy atom. The predicted molar refractivity (Wildman–Crippen MR) is 53.6 cm³/mol. The zero-order valence-corrected chi connectivity index (χ0v) is 9.37. The first-order valence-electron chi connectivity index (χ1n) is 5.68. The van der Waals surface area contributed by atoms with Gasteiger partial charge in [0.1, 0.15) is 0 Å². The van der Waals surface area contributed by atoms with Crippen LogP contribution in [0.3, 0.4) is 0 Å². The van der Waals surface area contributed by atoms with Crippen molar-refractivity contribution in [2.45, 2.75) is 25.1 Å². The lowest BCUT2D eigenvalue weighted by molar-refractivity contribution is -0.162. The van der Waals surface area contributed by atoms with Crippen LogP contribution in [-0.2, 0) is 4.74 Å². The minimum Gasteiger partial charge on any atom is -0.440 e. The van der Waals surface area contributed by atoms with Crippen molar-refractivity contribution in [2.75, 3.05) is 32.8 Å². The average molecular weight is 252 g/mol. The predicted octanol–water partition coefficient (Wildman–Crippen LogP) is 1.47. The molecule has 0 atom stereocenters. The maximum Gasteiger partial charge on any atom is 0.422 e. The summed E-state index contributed by atoms with van der Waals surface area (Å²) in [5.41, 5.74) is 0.